The number of halogens is 1. The molecule has 0 aliphatic heterocycles. The van der Waals surface area contributed by atoms with E-state index in [0.29, 0.717) is 34.8 Å². The van der Waals surface area contributed by atoms with Crippen molar-refractivity contribution in [2.45, 2.75) is 45.2 Å². The first kappa shape index (κ1) is 17.8. The van der Waals surface area contributed by atoms with Gasteiger partial charge >= 0.3 is 0 Å². The Bertz CT molecular complexity index is 941. The molecule has 1 aliphatic carbocycles. The van der Waals surface area contributed by atoms with Gasteiger partial charge in [0.2, 0.25) is 0 Å². The molecule has 0 spiro atoms. The van der Waals surface area contributed by atoms with Crippen LogP contribution in [0.15, 0.2) is 42.6 Å². The summed E-state index contributed by atoms with van der Waals surface area (Å²) in [6.07, 6.45) is 6.32. The van der Waals surface area contributed by atoms with Gasteiger partial charge in [0.15, 0.2) is 0 Å². The molecule has 1 N–H and O–H groups in total. The van der Waals surface area contributed by atoms with E-state index in [1.165, 1.54) is 12.8 Å². The number of anilines is 1. The van der Waals surface area contributed by atoms with E-state index in [1.807, 2.05) is 41.1 Å². The molecule has 2 heterocycles. The Morgan fingerprint density at radius 3 is 2.70 bits per heavy atom. The number of benzene rings is 1. The molecule has 0 bridgehead atoms. The van der Waals surface area contributed by atoms with Crippen LogP contribution in [0.1, 0.15) is 53.3 Å². The second kappa shape index (κ2) is 7.56. The van der Waals surface area contributed by atoms with Crippen LogP contribution < -0.4 is 5.32 Å². The molecule has 1 saturated carbocycles. The number of aryl methyl sites for hydroxylation is 1. The van der Waals surface area contributed by atoms with Crippen LogP contribution in [0.25, 0.3) is 0 Å². The van der Waals surface area contributed by atoms with E-state index in [-0.39, 0.29) is 5.91 Å². The lowest BCUT2D eigenvalue weighted by molar-refractivity contribution is 0.102. The van der Waals surface area contributed by atoms with Crippen LogP contribution >= 0.6 is 11.6 Å². The van der Waals surface area contributed by atoms with Crippen LogP contribution in [-0.2, 0) is 6.54 Å². The molecular formula is C20H22ClN5O. The number of carbonyl (C=O) groups excluding carboxylic acids is 1. The van der Waals surface area contributed by atoms with Crippen molar-refractivity contribution >= 4 is 23.3 Å². The molecule has 1 aliphatic rings. The molecule has 1 amide bonds. The van der Waals surface area contributed by atoms with Gasteiger partial charge in [-0.15, -0.1) is 0 Å². The van der Waals surface area contributed by atoms with E-state index in [4.69, 9.17) is 11.6 Å². The van der Waals surface area contributed by atoms with Crippen LogP contribution in [0.3, 0.4) is 0 Å². The maximum Gasteiger partial charge on any atom is 0.261 e. The third-order valence-corrected chi connectivity index (χ3v) is 5.43. The second-order valence-corrected chi connectivity index (χ2v) is 7.31. The number of nitrogens with zero attached hydrogens (tertiary/aromatic N) is 4. The van der Waals surface area contributed by atoms with E-state index in [9.17, 15) is 4.79 Å². The fourth-order valence-electron chi connectivity index (χ4n) is 3.70. The van der Waals surface area contributed by atoms with Gasteiger partial charge in [0.25, 0.3) is 5.91 Å². The maximum atomic E-state index is 12.9. The molecule has 6 nitrogen and oxygen atoms in total. The van der Waals surface area contributed by atoms with Gasteiger partial charge in [-0.1, -0.05) is 54.8 Å². The average molecular weight is 384 g/mol. The van der Waals surface area contributed by atoms with Crippen LogP contribution in [0.4, 0.5) is 5.82 Å². The molecule has 0 unspecified atom stereocenters. The smallest absolute Gasteiger partial charge is 0.261 e. The molecule has 1 aromatic carbocycles. The Hall–Kier alpha value is -2.60. The van der Waals surface area contributed by atoms with Crippen LogP contribution in [0, 0.1) is 6.92 Å². The molecule has 140 valence electrons. The molecular weight excluding hydrogens is 362 g/mol. The van der Waals surface area contributed by atoms with Gasteiger partial charge in [-0.2, -0.15) is 10.2 Å². The summed E-state index contributed by atoms with van der Waals surface area (Å²) in [5.41, 5.74) is 2.10. The third kappa shape index (κ3) is 3.62. The zero-order valence-electron chi connectivity index (χ0n) is 15.2. The zero-order chi connectivity index (χ0) is 18.8. The summed E-state index contributed by atoms with van der Waals surface area (Å²) in [4.78, 5) is 12.9. The first-order valence-electron chi connectivity index (χ1n) is 9.25. The lowest BCUT2D eigenvalue weighted by Gasteiger charge is -2.14. The Morgan fingerprint density at radius 1 is 1.22 bits per heavy atom. The Morgan fingerprint density at radius 2 is 1.96 bits per heavy atom. The van der Waals surface area contributed by atoms with E-state index in [0.717, 1.165) is 18.4 Å². The first-order chi connectivity index (χ1) is 13.1. The van der Waals surface area contributed by atoms with Crippen molar-refractivity contribution in [3.8, 4) is 0 Å². The number of nitrogens with one attached hydrogen (secondary N) is 1. The van der Waals surface area contributed by atoms with Crippen molar-refractivity contribution in [3.63, 3.8) is 0 Å². The standard InChI is InChI=1S/C20H22ClN5O/c1-14-18(19(21)25(24-14)13-15-7-3-2-4-8-15)20(27)23-17-11-12-22-26(17)16-9-5-6-10-16/h2-4,7-8,11-12,16H,5-6,9-10,13H2,1H3,(H,23,27). The summed E-state index contributed by atoms with van der Waals surface area (Å²) >= 11 is 6.50. The first-order valence-corrected chi connectivity index (χ1v) is 9.63. The summed E-state index contributed by atoms with van der Waals surface area (Å²) < 4.78 is 3.58. The molecule has 2 aromatic heterocycles. The monoisotopic (exact) mass is 383 g/mol. The highest BCUT2D eigenvalue weighted by molar-refractivity contribution is 6.33. The minimum Gasteiger partial charge on any atom is -0.307 e. The van der Waals surface area contributed by atoms with E-state index < -0.39 is 0 Å². The summed E-state index contributed by atoms with van der Waals surface area (Å²) in [6.45, 7) is 2.32. The highest BCUT2D eigenvalue weighted by Crippen LogP contribution is 2.31. The molecule has 0 radical (unpaired) electrons. The lowest BCUT2D eigenvalue weighted by atomic mass is 10.2. The van der Waals surface area contributed by atoms with Gasteiger partial charge in [-0.25, -0.2) is 9.36 Å². The SMILES string of the molecule is Cc1nn(Cc2ccccc2)c(Cl)c1C(=O)Nc1ccnn1C1CCCC1. The third-order valence-electron chi connectivity index (χ3n) is 5.05. The van der Waals surface area contributed by atoms with Crippen LogP contribution in [0.2, 0.25) is 5.15 Å². The summed E-state index contributed by atoms with van der Waals surface area (Å²) in [5, 5.41) is 12.2. The lowest BCUT2D eigenvalue weighted by Crippen LogP contribution is -2.18. The predicted molar refractivity (Wildman–Crippen MR) is 105 cm³/mol. The normalized spacial score (nSPS) is 14.6. The molecule has 1 fully saturated rings. The van der Waals surface area contributed by atoms with Crippen LogP contribution in [0.5, 0.6) is 0 Å². The van der Waals surface area contributed by atoms with Crippen molar-refractivity contribution in [2.75, 3.05) is 5.32 Å². The van der Waals surface area contributed by atoms with Crippen molar-refractivity contribution in [3.05, 3.63) is 64.6 Å². The number of hydrogen-bond acceptors (Lipinski definition) is 3. The quantitative estimate of drug-likeness (QED) is 0.707. The number of amides is 1. The number of rotatable bonds is 5. The van der Waals surface area contributed by atoms with Crippen molar-refractivity contribution in [1.29, 1.82) is 0 Å². The number of hydrogen-bond donors (Lipinski definition) is 1. The predicted octanol–water partition coefficient (Wildman–Crippen LogP) is 4.46. The van der Waals surface area contributed by atoms with Gasteiger partial charge in [0, 0.05) is 6.07 Å². The number of aromatic nitrogens is 4. The number of carbonyl (C=O) groups is 1. The van der Waals surface area contributed by atoms with Crippen LogP contribution in [-0.4, -0.2) is 25.5 Å². The largest absolute Gasteiger partial charge is 0.307 e. The summed E-state index contributed by atoms with van der Waals surface area (Å²) in [7, 11) is 0. The van der Waals surface area contributed by atoms with Crippen molar-refractivity contribution in [1.82, 2.24) is 19.6 Å². The second-order valence-electron chi connectivity index (χ2n) is 6.95. The van der Waals surface area contributed by atoms with E-state index in [1.54, 1.807) is 17.8 Å². The highest BCUT2D eigenvalue weighted by Gasteiger charge is 2.24. The fourth-order valence-corrected chi connectivity index (χ4v) is 4.02. The van der Waals surface area contributed by atoms with Gasteiger partial charge < -0.3 is 5.32 Å². The van der Waals surface area contributed by atoms with Gasteiger partial charge in [0.1, 0.15) is 11.0 Å². The molecule has 7 heteroatoms. The zero-order valence-corrected chi connectivity index (χ0v) is 16.0. The average Bonchev–Trinajstić information content (AvgIpc) is 3.37. The molecule has 3 aromatic rings. The Labute approximate surface area is 163 Å². The topological polar surface area (TPSA) is 64.7 Å². The van der Waals surface area contributed by atoms with Gasteiger partial charge in [0.05, 0.1) is 30.0 Å². The summed E-state index contributed by atoms with van der Waals surface area (Å²) in [5.74, 6) is 0.453. The minimum atomic E-state index is -0.253. The van der Waals surface area contributed by atoms with Crippen molar-refractivity contribution in [2.24, 2.45) is 0 Å². The molecule has 27 heavy (non-hydrogen) atoms. The minimum absolute atomic E-state index is 0.253. The van der Waals surface area contributed by atoms with E-state index >= 15 is 0 Å². The Balaban J connectivity index is 1.55. The Kier molecular flexibility index (Phi) is 4.99. The fraction of sp³-hybridized carbons (Fsp3) is 0.350. The highest BCUT2D eigenvalue weighted by atomic mass is 35.5. The maximum absolute atomic E-state index is 12.9. The molecule has 0 saturated heterocycles. The van der Waals surface area contributed by atoms with Gasteiger partial charge in [-0.3, -0.25) is 4.79 Å². The van der Waals surface area contributed by atoms with Crippen molar-refractivity contribution < 1.29 is 4.79 Å². The molecule has 0 atom stereocenters. The van der Waals surface area contributed by atoms with Gasteiger partial charge in [-0.05, 0) is 25.3 Å². The summed E-state index contributed by atoms with van der Waals surface area (Å²) in [6, 6.07) is 12.1. The molecule has 4 rings (SSSR count). The van der Waals surface area contributed by atoms with E-state index in [2.05, 4.69) is 15.5 Å².